The van der Waals surface area contributed by atoms with E-state index in [2.05, 4.69) is 30.1 Å². The maximum absolute atomic E-state index is 13.6. The molecule has 3 N–H and O–H groups in total. The van der Waals surface area contributed by atoms with E-state index in [0.29, 0.717) is 5.56 Å². The lowest BCUT2D eigenvalue weighted by molar-refractivity contribution is -0.0237. The Kier molecular flexibility index (Phi) is 7.28. The molecule has 1 saturated heterocycles. The van der Waals surface area contributed by atoms with Gasteiger partial charge in [0.2, 0.25) is 4.91 Å². The summed E-state index contributed by atoms with van der Waals surface area (Å²) in [6, 6.07) is 7.48. The number of hydrogen-bond acceptors (Lipinski definition) is 10. The third kappa shape index (κ3) is 5.94. The molecular formula is C20H22N8O6P+. The number of nitrogens with one attached hydrogen (secondary N) is 3. The van der Waals surface area contributed by atoms with Crippen molar-refractivity contribution in [3.8, 4) is 5.75 Å². The Balaban J connectivity index is 1.55. The first kappa shape index (κ1) is 24.2. The zero-order valence-corrected chi connectivity index (χ0v) is 19.4. The van der Waals surface area contributed by atoms with E-state index in [9.17, 15) is 14.2 Å². The number of aryl methyl sites for hydroxylation is 1. The first-order valence-electron chi connectivity index (χ1n) is 10.4. The molecule has 3 aromatic rings. The molecule has 1 aliphatic rings. The van der Waals surface area contributed by atoms with E-state index >= 15 is 0 Å². The van der Waals surface area contributed by atoms with Crippen molar-refractivity contribution < 1.29 is 18.3 Å². The van der Waals surface area contributed by atoms with Crippen LogP contribution in [-0.4, -0.2) is 38.3 Å². The lowest BCUT2D eigenvalue weighted by atomic mass is 10.1. The van der Waals surface area contributed by atoms with Gasteiger partial charge in [-0.1, -0.05) is 6.07 Å². The van der Waals surface area contributed by atoms with Crippen LogP contribution in [0.1, 0.15) is 18.2 Å². The Bertz CT molecular complexity index is 1330. The highest BCUT2D eigenvalue weighted by atomic mass is 31.2. The smallest absolute Gasteiger partial charge is 0.407 e. The molecule has 0 aromatic carbocycles. The number of H-pyrrole nitrogens is 1. The highest BCUT2D eigenvalue weighted by Gasteiger charge is 2.42. The molecule has 1 aliphatic heterocycles. The topological polar surface area (TPSA) is 188 Å². The lowest BCUT2D eigenvalue weighted by Crippen LogP contribution is -2.33. The van der Waals surface area contributed by atoms with Crippen LogP contribution in [0.5, 0.6) is 5.75 Å². The summed E-state index contributed by atoms with van der Waals surface area (Å²) in [5.41, 5.74) is 6.29. The van der Waals surface area contributed by atoms with Crippen molar-refractivity contribution in [2.45, 2.75) is 31.7 Å². The van der Waals surface area contributed by atoms with Gasteiger partial charge < -0.3 is 9.26 Å². The zero-order valence-electron chi connectivity index (χ0n) is 18.5. The molecule has 0 amide bonds. The van der Waals surface area contributed by atoms with Crippen LogP contribution < -0.4 is 25.8 Å². The minimum absolute atomic E-state index is 0.170. The molecule has 1 fully saturated rings. The van der Waals surface area contributed by atoms with Crippen LogP contribution >= 0.6 is 7.75 Å². The first-order chi connectivity index (χ1) is 16.9. The Morgan fingerprint density at radius 1 is 1.34 bits per heavy atom. The quantitative estimate of drug-likeness (QED) is 0.224. The second-order valence-corrected chi connectivity index (χ2v) is 9.19. The summed E-state index contributed by atoms with van der Waals surface area (Å²) in [4.78, 5) is 37.3. The molecule has 4 atom stereocenters. The maximum atomic E-state index is 13.6. The second kappa shape index (κ2) is 10.5. The summed E-state index contributed by atoms with van der Waals surface area (Å²) < 4.78 is 32.0. The molecular weight excluding hydrogens is 479 g/mol. The van der Waals surface area contributed by atoms with Crippen LogP contribution in [0.25, 0.3) is 0 Å². The normalized spacial score (nSPS) is 21.0. The van der Waals surface area contributed by atoms with Gasteiger partial charge in [0.1, 0.15) is 34.5 Å². The number of aromatic amines is 1. The van der Waals surface area contributed by atoms with E-state index in [-0.39, 0.29) is 24.6 Å². The number of rotatable bonds is 9. The van der Waals surface area contributed by atoms with Gasteiger partial charge in [-0.25, -0.2) is 14.3 Å². The summed E-state index contributed by atoms with van der Waals surface area (Å²) in [7, 11) is -4.04. The predicted molar refractivity (Wildman–Crippen MR) is 122 cm³/mol. The number of nitrogens with zero attached hydrogens (tertiary/aromatic N) is 5. The molecule has 0 saturated carbocycles. The fourth-order valence-corrected chi connectivity index (χ4v) is 4.70. The third-order valence-corrected chi connectivity index (χ3v) is 6.49. The van der Waals surface area contributed by atoms with E-state index in [1.165, 1.54) is 29.4 Å². The minimum Gasteiger partial charge on any atom is -0.407 e. The maximum Gasteiger partial charge on any atom is 0.487 e. The summed E-state index contributed by atoms with van der Waals surface area (Å²) in [6.45, 7) is 1.27. The van der Waals surface area contributed by atoms with Crippen molar-refractivity contribution in [2.24, 2.45) is 5.11 Å². The van der Waals surface area contributed by atoms with Crippen molar-refractivity contribution in [2.75, 3.05) is 11.7 Å². The molecule has 4 unspecified atom stereocenters. The van der Waals surface area contributed by atoms with Crippen LogP contribution in [0.4, 0.5) is 5.82 Å². The number of hydrogen-bond donors (Lipinski definition) is 3. The van der Waals surface area contributed by atoms with E-state index < -0.39 is 37.4 Å². The number of pyridine rings is 2. The van der Waals surface area contributed by atoms with Gasteiger partial charge in [-0.15, -0.1) is 0 Å². The number of ether oxygens (including phenoxy) is 1. The van der Waals surface area contributed by atoms with Gasteiger partial charge in [0.05, 0.1) is 12.8 Å². The molecule has 0 aliphatic carbocycles. The molecule has 3 aromatic heterocycles. The minimum atomic E-state index is -4.04. The molecule has 15 heteroatoms. The first-order valence-corrected chi connectivity index (χ1v) is 12.0. The molecule has 0 radical (unpaired) electrons. The van der Waals surface area contributed by atoms with Crippen molar-refractivity contribution in [1.29, 1.82) is 5.53 Å². The number of aromatic nitrogens is 4. The van der Waals surface area contributed by atoms with Crippen molar-refractivity contribution in [3.63, 3.8) is 0 Å². The second-order valence-electron chi connectivity index (χ2n) is 7.53. The van der Waals surface area contributed by atoms with Crippen molar-refractivity contribution in [1.82, 2.24) is 24.4 Å². The molecule has 0 bridgehead atoms. The van der Waals surface area contributed by atoms with Gasteiger partial charge in [-0.2, -0.15) is 0 Å². The van der Waals surface area contributed by atoms with Crippen LogP contribution in [-0.2, 0) is 13.8 Å². The molecule has 4 rings (SSSR count). The largest absolute Gasteiger partial charge is 0.487 e. The molecule has 35 heavy (non-hydrogen) atoms. The van der Waals surface area contributed by atoms with Crippen molar-refractivity contribution >= 4 is 13.6 Å². The van der Waals surface area contributed by atoms with E-state index in [1.54, 1.807) is 37.3 Å². The van der Waals surface area contributed by atoms with Crippen LogP contribution in [0.15, 0.2) is 69.8 Å². The predicted octanol–water partition coefficient (Wildman–Crippen LogP) is 2.16. The van der Waals surface area contributed by atoms with Gasteiger partial charge in [0, 0.05) is 30.6 Å². The fraction of sp³-hybridized carbons (Fsp3) is 0.300. The average Bonchev–Trinajstić information content (AvgIpc) is 3.24. The lowest BCUT2D eigenvalue weighted by Gasteiger charge is -2.22. The summed E-state index contributed by atoms with van der Waals surface area (Å²) >= 11 is 0. The summed E-state index contributed by atoms with van der Waals surface area (Å²) in [5, 5.41) is 6.52. The van der Waals surface area contributed by atoms with Crippen LogP contribution in [0.2, 0.25) is 0 Å². The third-order valence-electron chi connectivity index (χ3n) is 5.05. The molecule has 14 nitrogen and oxygen atoms in total. The standard InChI is InChI=1S/C20H21N8O6P/c1-13-11-28(20(30)24-19(13)29)18-9-15(25-27-21)16(33-18)12-32-35(31,26-17-6-2-3-8-23-17)34-14-5-4-7-22-10-14/h2-8,10-11,15-16,18,21H,9,12H2,1H3,(H-,23,24,26,29,30,31)/p+1. The van der Waals surface area contributed by atoms with Gasteiger partial charge in [-0.3, -0.25) is 28.9 Å². The summed E-state index contributed by atoms with van der Waals surface area (Å²) in [6.07, 6.45) is 4.32. The van der Waals surface area contributed by atoms with Crippen molar-refractivity contribution in [3.05, 3.63) is 81.5 Å². The molecule has 0 spiro atoms. The van der Waals surface area contributed by atoms with Gasteiger partial charge in [0.25, 0.3) is 5.56 Å². The van der Waals surface area contributed by atoms with Crippen LogP contribution in [0.3, 0.4) is 0 Å². The van der Waals surface area contributed by atoms with Gasteiger partial charge in [-0.05, 0) is 31.2 Å². The van der Waals surface area contributed by atoms with E-state index in [0.717, 1.165) is 0 Å². The van der Waals surface area contributed by atoms with E-state index in [4.69, 9.17) is 19.3 Å². The zero-order chi connectivity index (χ0) is 24.8. The number of anilines is 1. The van der Waals surface area contributed by atoms with Gasteiger partial charge >= 0.3 is 13.4 Å². The van der Waals surface area contributed by atoms with E-state index in [1.807, 2.05) is 0 Å². The summed E-state index contributed by atoms with van der Waals surface area (Å²) in [5.74, 6) is 0.449. The highest BCUT2D eigenvalue weighted by molar-refractivity contribution is 7.55. The Labute approximate surface area is 198 Å². The van der Waals surface area contributed by atoms with Crippen LogP contribution in [0, 0.1) is 12.5 Å². The molecule has 4 heterocycles. The molecule has 182 valence electrons. The highest BCUT2D eigenvalue weighted by Crippen LogP contribution is 2.48. The Morgan fingerprint density at radius 3 is 2.91 bits per heavy atom. The SMILES string of the molecule is Cc1cn(C2CC(N=[N+]=N)C(COP(=O)(Nc3ccccn3)Oc3cccnc3)O2)c(=O)[nH]c1=O. The average molecular weight is 501 g/mol. The Hall–Kier alpha value is -3.96. The van der Waals surface area contributed by atoms with Gasteiger partial charge in [0.15, 0.2) is 6.04 Å². The fourth-order valence-electron chi connectivity index (χ4n) is 3.39. The Morgan fingerprint density at radius 2 is 2.20 bits per heavy atom. The monoisotopic (exact) mass is 501 g/mol.